The van der Waals surface area contributed by atoms with Crippen LogP contribution >= 0.6 is 0 Å². The highest BCUT2D eigenvalue weighted by molar-refractivity contribution is 5.82. The standard InChI is InChI=1S/C17H23N3O/c1-3-9-19-17(21)8-10-18-12-14-11-13(2)20-16-7-5-4-6-15(14)16/h4-7,11,18H,3,8-10,12H2,1-2H3,(H,19,21). The van der Waals surface area contributed by atoms with Crippen LogP contribution in [0.2, 0.25) is 0 Å². The minimum absolute atomic E-state index is 0.111. The summed E-state index contributed by atoms with van der Waals surface area (Å²) >= 11 is 0. The van der Waals surface area contributed by atoms with Crippen molar-refractivity contribution in [1.29, 1.82) is 0 Å². The van der Waals surface area contributed by atoms with Crippen LogP contribution in [0.1, 0.15) is 31.0 Å². The van der Waals surface area contributed by atoms with Crippen LogP contribution in [0.15, 0.2) is 30.3 Å². The summed E-state index contributed by atoms with van der Waals surface area (Å²) in [5, 5.41) is 7.39. The average molecular weight is 285 g/mol. The SMILES string of the molecule is CCCNC(=O)CCNCc1cc(C)nc2ccccc12. The van der Waals surface area contributed by atoms with Gasteiger partial charge in [0.2, 0.25) is 5.91 Å². The largest absolute Gasteiger partial charge is 0.356 e. The fraction of sp³-hybridized carbons (Fsp3) is 0.412. The number of fused-ring (bicyclic) bond motifs is 1. The fourth-order valence-corrected chi connectivity index (χ4v) is 2.32. The Morgan fingerprint density at radius 1 is 1.24 bits per heavy atom. The molecule has 0 saturated carbocycles. The van der Waals surface area contributed by atoms with Crippen molar-refractivity contribution < 1.29 is 4.79 Å². The van der Waals surface area contributed by atoms with E-state index in [0.717, 1.165) is 30.7 Å². The molecule has 0 aliphatic rings. The number of benzene rings is 1. The highest BCUT2D eigenvalue weighted by Crippen LogP contribution is 2.17. The highest BCUT2D eigenvalue weighted by Gasteiger charge is 2.04. The minimum Gasteiger partial charge on any atom is -0.356 e. The van der Waals surface area contributed by atoms with Crippen LogP contribution in [0.25, 0.3) is 10.9 Å². The molecule has 1 amide bonds. The summed E-state index contributed by atoms with van der Waals surface area (Å²) in [4.78, 5) is 16.1. The van der Waals surface area contributed by atoms with Gasteiger partial charge in [-0.3, -0.25) is 9.78 Å². The first-order chi connectivity index (χ1) is 10.2. The number of hydrogen-bond donors (Lipinski definition) is 2. The first kappa shape index (κ1) is 15.4. The summed E-state index contributed by atoms with van der Waals surface area (Å²) in [5.74, 6) is 0.111. The molecule has 4 nitrogen and oxygen atoms in total. The summed E-state index contributed by atoms with van der Waals surface area (Å²) in [7, 11) is 0. The minimum atomic E-state index is 0.111. The average Bonchev–Trinajstić information content (AvgIpc) is 2.49. The van der Waals surface area contributed by atoms with Gasteiger partial charge in [-0.25, -0.2) is 0 Å². The van der Waals surface area contributed by atoms with E-state index in [1.165, 1.54) is 10.9 Å². The molecule has 1 aromatic carbocycles. The third kappa shape index (κ3) is 4.53. The first-order valence-corrected chi connectivity index (χ1v) is 7.53. The van der Waals surface area contributed by atoms with Crippen molar-refractivity contribution in [3.05, 3.63) is 41.6 Å². The van der Waals surface area contributed by atoms with Gasteiger partial charge in [0.05, 0.1) is 5.52 Å². The van der Waals surface area contributed by atoms with Gasteiger partial charge in [0.25, 0.3) is 0 Å². The van der Waals surface area contributed by atoms with E-state index in [0.29, 0.717) is 13.0 Å². The number of rotatable bonds is 7. The molecule has 0 aliphatic carbocycles. The van der Waals surface area contributed by atoms with Gasteiger partial charge in [-0.05, 0) is 31.0 Å². The van der Waals surface area contributed by atoms with Crippen molar-refractivity contribution in [2.45, 2.75) is 33.2 Å². The molecule has 0 atom stereocenters. The Morgan fingerprint density at radius 2 is 2.05 bits per heavy atom. The first-order valence-electron chi connectivity index (χ1n) is 7.53. The van der Waals surface area contributed by atoms with Crippen molar-refractivity contribution in [3.8, 4) is 0 Å². The van der Waals surface area contributed by atoms with Gasteiger partial charge in [0, 0.05) is 37.1 Å². The number of amides is 1. The maximum absolute atomic E-state index is 11.5. The molecule has 4 heteroatoms. The lowest BCUT2D eigenvalue weighted by molar-refractivity contribution is -0.120. The predicted octanol–water partition coefficient (Wildman–Crippen LogP) is 2.55. The van der Waals surface area contributed by atoms with Crippen LogP contribution in [0.3, 0.4) is 0 Å². The Hall–Kier alpha value is -1.94. The molecule has 21 heavy (non-hydrogen) atoms. The maximum atomic E-state index is 11.5. The lowest BCUT2D eigenvalue weighted by atomic mass is 10.1. The molecule has 0 unspecified atom stereocenters. The van der Waals surface area contributed by atoms with Gasteiger partial charge in [-0.15, -0.1) is 0 Å². The molecule has 0 radical (unpaired) electrons. The zero-order valence-electron chi connectivity index (χ0n) is 12.8. The summed E-state index contributed by atoms with van der Waals surface area (Å²) in [6.07, 6.45) is 1.49. The van der Waals surface area contributed by atoms with Crippen molar-refractivity contribution in [1.82, 2.24) is 15.6 Å². The van der Waals surface area contributed by atoms with Gasteiger partial charge in [0.15, 0.2) is 0 Å². The number of aromatic nitrogens is 1. The molecule has 0 spiro atoms. The van der Waals surface area contributed by atoms with Crippen LogP contribution in [0.4, 0.5) is 0 Å². The molecule has 0 aliphatic heterocycles. The van der Waals surface area contributed by atoms with Gasteiger partial charge in [-0.2, -0.15) is 0 Å². The molecule has 0 fully saturated rings. The Balaban J connectivity index is 1.90. The lowest BCUT2D eigenvalue weighted by Crippen LogP contribution is -2.28. The second kappa shape index (κ2) is 7.74. The fourth-order valence-electron chi connectivity index (χ4n) is 2.32. The normalized spacial score (nSPS) is 10.8. The van der Waals surface area contributed by atoms with Gasteiger partial charge in [0.1, 0.15) is 0 Å². The molecule has 2 N–H and O–H groups in total. The van der Waals surface area contributed by atoms with Crippen LogP contribution in [-0.4, -0.2) is 24.0 Å². The quantitative estimate of drug-likeness (QED) is 0.769. The van der Waals surface area contributed by atoms with E-state index in [2.05, 4.69) is 34.7 Å². The van der Waals surface area contributed by atoms with E-state index < -0.39 is 0 Å². The number of aryl methyl sites for hydroxylation is 1. The van der Waals surface area contributed by atoms with E-state index in [1.807, 2.05) is 25.1 Å². The molecule has 1 aromatic heterocycles. The second-order valence-corrected chi connectivity index (χ2v) is 5.22. The van der Waals surface area contributed by atoms with Crippen LogP contribution in [-0.2, 0) is 11.3 Å². The maximum Gasteiger partial charge on any atom is 0.221 e. The summed E-state index contributed by atoms with van der Waals surface area (Å²) in [6, 6.07) is 10.3. The highest BCUT2D eigenvalue weighted by atomic mass is 16.1. The zero-order valence-corrected chi connectivity index (χ0v) is 12.8. The predicted molar refractivity (Wildman–Crippen MR) is 86.1 cm³/mol. The van der Waals surface area contributed by atoms with E-state index in [4.69, 9.17) is 0 Å². The summed E-state index contributed by atoms with van der Waals surface area (Å²) in [6.45, 7) is 6.26. The Labute approximate surface area is 126 Å². The molecule has 2 rings (SSSR count). The molecule has 0 bridgehead atoms. The number of nitrogens with one attached hydrogen (secondary N) is 2. The Kier molecular flexibility index (Phi) is 5.69. The van der Waals surface area contributed by atoms with Gasteiger partial charge >= 0.3 is 0 Å². The summed E-state index contributed by atoms with van der Waals surface area (Å²) < 4.78 is 0. The molecule has 112 valence electrons. The van der Waals surface area contributed by atoms with Crippen LogP contribution in [0.5, 0.6) is 0 Å². The molecule has 1 heterocycles. The van der Waals surface area contributed by atoms with Crippen molar-refractivity contribution in [2.75, 3.05) is 13.1 Å². The number of nitrogens with zero attached hydrogens (tertiary/aromatic N) is 1. The molecular formula is C17H23N3O. The van der Waals surface area contributed by atoms with Crippen molar-refractivity contribution >= 4 is 16.8 Å². The number of carbonyl (C=O) groups is 1. The van der Waals surface area contributed by atoms with Gasteiger partial charge < -0.3 is 10.6 Å². The van der Waals surface area contributed by atoms with Crippen LogP contribution < -0.4 is 10.6 Å². The zero-order chi connectivity index (χ0) is 15.1. The molecule has 2 aromatic rings. The van der Waals surface area contributed by atoms with Gasteiger partial charge in [-0.1, -0.05) is 25.1 Å². The van der Waals surface area contributed by atoms with Crippen molar-refractivity contribution in [3.63, 3.8) is 0 Å². The monoisotopic (exact) mass is 285 g/mol. The number of carbonyl (C=O) groups excluding carboxylic acids is 1. The van der Waals surface area contributed by atoms with E-state index >= 15 is 0 Å². The van der Waals surface area contributed by atoms with Crippen molar-refractivity contribution in [2.24, 2.45) is 0 Å². The topological polar surface area (TPSA) is 54.0 Å². The smallest absolute Gasteiger partial charge is 0.221 e. The van der Waals surface area contributed by atoms with E-state index in [-0.39, 0.29) is 5.91 Å². The second-order valence-electron chi connectivity index (χ2n) is 5.22. The lowest BCUT2D eigenvalue weighted by Gasteiger charge is -2.09. The van der Waals surface area contributed by atoms with E-state index in [9.17, 15) is 4.79 Å². The number of para-hydroxylation sites is 1. The third-order valence-corrected chi connectivity index (χ3v) is 3.35. The number of pyridine rings is 1. The number of hydrogen-bond acceptors (Lipinski definition) is 3. The summed E-state index contributed by atoms with van der Waals surface area (Å²) in [5.41, 5.74) is 3.27. The Morgan fingerprint density at radius 3 is 2.86 bits per heavy atom. The molecule has 0 saturated heterocycles. The molecular weight excluding hydrogens is 262 g/mol. The van der Waals surface area contributed by atoms with E-state index in [1.54, 1.807) is 0 Å². The Bertz CT molecular complexity index is 610. The van der Waals surface area contributed by atoms with Crippen LogP contribution in [0, 0.1) is 6.92 Å². The third-order valence-electron chi connectivity index (χ3n) is 3.35.